The van der Waals surface area contributed by atoms with E-state index < -0.39 is 3.79 Å². The first kappa shape index (κ1) is 9.91. The third-order valence-electron chi connectivity index (χ3n) is 1.60. The SMILES string of the molecule is C[C@H]1CN=C(C(Cl)(Cl)Cl)[C@H]1Cl. The topological polar surface area (TPSA) is 12.4 Å². The normalized spacial score (nSPS) is 32.3. The van der Waals surface area contributed by atoms with Crippen molar-refractivity contribution >= 4 is 52.1 Å². The summed E-state index contributed by atoms with van der Waals surface area (Å²) in [5.74, 6) is 0.266. The Morgan fingerprint density at radius 3 is 2.18 bits per heavy atom. The number of alkyl halides is 4. The average molecular weight is 235 g/mol. The summed E-state index contributed by atoms with van der Waals surface area (Å²) in [5, 5.41) is -0.234. The van der Waals surface area contributed by atoms with E-state index in [2.05, 4.69) is 4.99 Å². The van der Waals surface area contributed by atoms with E-state index in [-0.39, 0.29) is 11.3 Å². The van der Waals surface area contributed by atoms with Crippen LogP contribution in [-0.2, 0) is 0 Å². The van der Waals surface area contributed by atoms with Crippen molar-refractivity contribution in [2.75, 3.05) is 6.54 Å². The van der Waals surface area contributed by atoms with Gasteiger partial charge in [0.15, 0.2) is 0 Å². The molecule has 0 aromatic heterocycles. The quantitative estimate of drug-likeness (QED) is 0.572. The van der Waals surface area contributed by atoms with Gasteiger partial charge in [0.2, 0.25) is 3.79 Å². The minimum atomic E-state index is -1.43. The molecule has 1 nitrogen and oxygen atoms in total. The molecule has 0 aromatic carbocycles. The van der Waals surface area contributed by atoms with Gasteiger partial charge in [0.1, 0.15) is 0 Å². The predicted octanol–water partition coefficient (Wildman–Crippen LogP) is 3.05. The largest absolute Gasteiger partial charge is 0.288 e. The molecule has 0 aromatic rings. The monoisotopic (exact) mass is 233 g/mol. The molecule has 0 unspecified atom stereocenters. The highest BCUT2D eigenvalue weighted by atomic mass is 35.6. The van der Waals surface area contributed by atoms with Gasteiger partial charge in [-0.1, -0.05) is 41.7 Å². The van der Waals surface area contributed by atoms with Crippen LogP contribution in [0.25, 0.3) is 0 Å². The Bertz CT molecular complexity index is 184. The number of hydrogen-bond donors (Lipinski definition) is 0. The Hall–Kier alpha value is 0.830. The van der Waals surface area contributed by atoms with Crippen LogP contribution >= 0.6 is 46.4 Å². The van der Waals surface area contributed by atoms with Crippen LogP contribution in [-0.4, -0.2) is 21.4 Å². The zero-order chi connectivity index (χ0) is 8.65. The first-order valence-electron chi connectivity index (χ1n) is 3.18. The van der Waals surface area contributed by atoms with Crippen LogP contribution in [0.2, 0.25) is 0 Å². The lowest BCUT2D eigenvalue weighted by Gasteiger charge is -2.15. The molecule has 0 saturated heterocycles. The summed E-state index contributed by atoms with van der Waals surface area (Å²) < 4.78 is -1.43. The van der Waals surface area contributed by atoms with Crippen molar-refractivity contribution in [1.29, 1.82) is 0 Å². The number of halogens is 4. The first-order chi connectivity index (χ1) is 4.93. The molecule has 2 atom stereocenters. The van der Waals surface area contributed by atoms with Gasteiger partial charge in [-0.3, -0.25) is 4.99 Å². The van der Waals surface area contributed by atoms with Gasteiger partial charge >= 0.3 is 0 Å². The van der Waals surface area contributed by atoms with Crippen LogP contribution in [0.3, 0.4) is 0 Å². The van der Waals surface area contributed by atoms with Crippen molar-refractivity contribution in [2.24, 2.45) is 10.9 Å². The Morgan fingerprint density at radius 1 is 1.45 bits per heavy atom. The van der Waals surface area contributed by atoms with Crippen LogP contribution in [0.1, 0.15) is 6.92 Å². The molecule has 1 aliphatic rings. The second kappa shape index (κ2) is 3.29. The maximum Gasteiger partial charge on any atom is 0.229 e. The minimum Gasteiger partial charge on any atom is -0.288 e. The number of nitrogens with zero attached hydrogens (tertiary/aromatic N) is 1. The van der Waals surface area contributed by atoms with Gasteiger partial charge in [-0.05, 0) is 5.92 Å². The summed E-state index contributed by atoms with van der Waals surface area (Å²) in [6.07, 6.45) is 0. The second-order valence-electron chi connectivity index (χ2n) is 2.60. The molecule has 64 valence electrons. The fourth-order valence-corrected chi connectivity index (χ4v) is 1.95. The van der Waals surface area contributed by atoms with Crippen molar-refractivity contribution in [3.63, 3.8) is 0 Å². The Balaban J connectivity index is 2.76. The predicted molar refractivity (Wildman–Crippen MR) is 51.4 cm³/mol. The molecule has 11 heavy (non-hydrogen) atoms. The fourth-order valence-electron chi connectivity index (χ4n) is 0.938. The molecule has 0 amide bonds. The molecule has 0 N–H and O–H groups in total. The highest BCUT2D eigenvalue weighted by Gasteiger charge is 2.38. The molecule has 1 rings (SSSR count). The van der Waals surface area contributed by atoms with Crippen molar-refractivity contribution in [3.8, 4) is 0 Å². The zero-order valence-corrected chi connectivity index (χ0v) is 8.84. The molecule has 1 aliphatic heterocycles. The van der Waals surface area contributed by atoms with E-state index >= 15 is 0 Å². The van der Waals surface area contributed by atoms with Crippen LogP contribution < -0.4 is 0 Å². The summed E-state index contributed by atoms with van der Waals surface area (Å²) in [7, 11) is 0. The fraction of sp³-hybridized carbons (Fsp3) is 0.833. The smallest absolute Gasteiger partial charge is 0.229 e. The van der Waals surface area contributed by atoms with E-state index in [0.717, 1.165) is 0 Å². The highest BCUT2D eigenvalue weighted by Crippen LogP contribution is 2.36. The molecule has 0 saturated carbocycles. The van der Waals surface area contributed by atoms with Crippen molar-refractivity contribution < 1.29 is 0 Å². The second-order valence-corrected chi connectivity index (χ2v) is 5.35. The molecule has 5 heteroatoms. The van der Waals surface area contributed by atoms with Gasteiger partial charge in [0.25, 0.3) is 0 Å². The zero-order valence-electron chi connectivity index (χ0n) is 5.82. The lowest BCUT2D eigenvalue weighted by molar-refractivity contribution is 0.669. The number of hydrogen-bond acceptors (Lipinski definition) is 1. The van der Waals surface area contributed by atoms with E-state index in [1.165, 1.54) is 0 Å². The van der Waals surface area contributed by atoms with Crippen molar-refractivity contribution in [1.82, 2.24) is 0 Å². The number of aliphatic imine (C=N–C) groups is 1. The lowest BCUT2D eigenvalue weighted by atomic mass is 10.1. The van der Waals surface area contributed by atoms with E-state index in [0.29, 0.717) is 12.3 Å². The van der Waals surface area contributed by atoms with Gasteiger partial charge in [0.05, 0.1) is 11.1 Å². The maximum atomic E-state index is 5.93. The van der Waals surface area contributed by atoms with Gasteiger partial charge < -0.3 is 0 Å². The summed E-state index contributed by atoms with van der Waals surface area (Å²) in [4.78, 5) is 4.06. The maximum absolute atomic E-state index is 5.93. The Morgan fingerprint density at radius 2 is 2.00 bits per heavy atom. The Labute approximate surface area is 85.7 Å². The molecular weight excluding hydrogens is 228 g/mol. The Kier molecular flexibility index (Phi) is 2.97. The first-order valence-corrected chi connectivity index (χ1v) is 4.75. The molecular formula is C6H7Cl4N. The van der Waals surface area contributed by atoms with E-state index in [1.54, 1.807) is 0 Å². The molecule has 0 spiro atoms. The summed E-state index contributed by atoms with van der Waals surface area (Å²) in [6, 6.07) is 0. The standard InChI is InChI=1S/C6H7Cl4N/c1-3-2-11-5(4(3)7)6(8,9)10/h3-4H,2H2,1H3/t3-,4-/m0/s1. The lowest BCUT2D eigenvalue weighted by Crippen LogP contribution is -2.28. The van der Waals surface area contributed by atoms with Crippen molar-refractivity contribution in [2.45, 2.75) is 16.1 Å². The van der Waals surface area contributed by atoms with Crippen LogP contribution in [0, 0.1) is 5.92 Å². The number of rotatable bonds is 0. The third kappa shape index (κ3) is 2.15. The highest BCUT2D eigenvalue weighted by molar-refractivity contribution is 6.78. The molecule has 0 bridgehead atoms. The van der Waals surface area contributed by atoms with Crippen LogP contribution in [0.5, 0.6) is 0 Å². The molecule has 0 aliphatic carbocycles. The van der Waals surface area contributed by atoms with E-state index in [9.17, 15) is 0 Å². The van der Waals surface area contributed by atoms with Crippen molar-refractivity contribution in [3.05, 3.63) is 0 Å². The van der Waals surface area contributed by atoms with Gasteiger partial charge in [-0.15, -0.1) is 11.6 Å². The summed E-state index contributed by atoms with van der Waals surface area (Å²) in [5.41, 5.74) is 0.469. The molecule has 0 fully saturated rings. The van der Waals surface area contributed by atoms with Crippen LogP contribution in [0.15, 0.2) is 4.99 Å². The van der Waals surface area contributed by atoms with Gasteiger partial charge in [-0.25, -0.2) is 0 Å². The minimum absolute atomic E-state index is 0.234. The average Bonchev–Trinajstić information content (AvgIpc) is 2.11. The third-order valence-corrected chi connectivity index (χ3v) is 2.82. The van der Waals surface area contributed by atoms with Gasteiger partial charge in [-0.2, -0.15) is 0 Å². The van der Waals surface area contributed by atoms with Crippen LogP contribution in [0.4, 0.5) is 0 Å². The molecule has 0 radical (unpaired) electrons. The molecule has 1 heterocycles. The van der Waals surface area contributed by atoms with Gasteiger partial charge in [0, 0.05) is 6.54 Å². The van der Waals surface area contributed by atoms with E-state index in [4.69, 9.17) is 46.4 Å². The van der Waals surface area contributed by atoms with E-state index in [1.807, 2.05) is 6.92 Å². The summed E-state index contributed by atoms with van der Waals surface area (Å²) >= 11 is 22.8. The summed E-state index contributed by atoms with van der Waals surface area (Å²) in [6.45, 7) is 2.63.